The number of azide groups is 1. The minimum atomic E-state index is 0.136. The van der Waals surface area contributed by atoms with E-state index in [4.69, 9.17) is 5.53 Å². The SMILES string of the molecule is CC(=O)CC=Cc1ccc(N=[N+]=[N-])cc1. The first-order valence-corrected chi connectivity index (χ1v) is 4.53. The highest BCUT2D eigenvalue weighted by Crippen LogP contribution is 2.14. The molecule has 15 heavy (non-hydrogen) atoms. The number of allylic oxidation sites excluding steroid dienone is 1. The van der Waals surface area contributed by atoms with E-state index in [2.05, 4.69) is 10.0 Å². The molecule has 0 atom stereocenters. The van der Waals surface area contributed by atoms with Crippen LogP contribution in [0, 0.1) is 0 Å². The van der Waals surface area contributed by atoms with Crippen LogP contribution in [0.15, 0.2) is 35.5 Å². The molecule has 0 spiro atoms. The van der Waals surface area contributed by atoms with Gasteiger partial charge < -0.3 is 0 Å². The maximum atomic E-state index is 10.7. The van der Waals surface area contributed by atoms with Gasteiger partial charge in [-0.3, -0.25) is 4.79 Å². The second-order valence-electron chi connectivity index (χ2n) is 3.09. The summed E-state index contributed by atoms with van der Waals surface area (Å²) in [7, 11) is 0. The van der Waals surface area contributed by atoms with Gasteiger partial charge in [-0.25, -0.2) is 0 Å². The fourth-order valence-corrected chi connectivity index (χ4v) is 1.06. The lowest BCUT2D eigenvalue weighted by Gasteiger charge is -1.93. The molecule has 76 valence electrons. The van der Waals surface area contributed by atoms with Crippen LogP contribution in [0.2, 0.25) is 0 Å². The normalized spacial score (nSPS) is 9.93. The third kappa shape index (κ3) is 4.11. The van der Waals surface area contributed by atoms with Gasteiger partial charge in [-0.2, -0.15) is 0 Å². The van der Waals surface area contributed by atoms with Gasteiger partial charge in [0.2, 0.25) is 0 Å². The minimum absolute atomic E-state index is 0.136. The fraction of sp³-hybridized carbons (Fsp3) is 0.182. The van der Waals surface area contributed by atoms with Crippen LogP contribution in [0.3, 0.4) is 0 Å². The zero-order valence-corrected chi connectivity index (χ0v) is 8.42. The summed E-state index contributed by atoms with van der Waals surface area (Å²) in [6.45, 7) is 1.55. The summed E-state index contributed by atoms with van der Waals surface area (Å²) < 4.78 is 0. The molecule has 0 aromatic heterocycles. The Bertz CT molecular complexity index is 414. The molecule has 4 nitrogen and oxygen atoms in total. The average Bonchev–Trinajstić information content (AvgIpc) is 2.20. The number of hydrogen-bond acceptors (Lipinski definition) is 2. The van der Waals surface area contributed by atoms with Crippen LogP contribution in [0.5, 0.6) is 0 Å². The smallest absolute Gasteiger partial charge is 0.133 e. The van der Waals surface area contributed by atoms with Crippen molar-refractivity contribution in [2.75, 3.05) is 0 Å². The lowest BCUT2D eigenvalue weighted by atomic mass is 10.2. The lowest BCUT2D eigenvalue weighted by Crippen LogP contribution is -1.83. The Morgan fingerprint density at radius 2 is 2.13 bits per heavy atom. The predicted octanol–water partition coefficient (Wildman–Crippen LogP) is 3.62. The van der Waals surface area contributed by atoms with E-state index < -0.39 is 0 Å². The zero-order chi connectivity index (χ0) is 11.1. The van der Waals surface area contributed by atoms with Crippen molar-refractivity contribution in [2.45, 2.75) is 13.3 Å². The highest BCUT2D eigenvalue weighted by Gasteiger charge is 1.89. The highest BCUT2D eigenvalue weighted by atomic mass is 16.1. The maximum absolute atomic E-state index is 10.7. The first-order chi connectivity index (χ1) is 7.22. The van der Waals surface area contributed by atoms with E-state index in [1.807, 2.05) is 24.3 Å². The summed E-state index contributed by atoms with van der Waals surface area (Å²) in [5.41, 5.74) is 9.76. The molecule has 0 aliphatic carbocycles. The number of nitrogens with zero attached hydrogens (tertiary/aromatic N) is 3. The van der Waals surface area contributed by atoms with E-state index in [-0.39, 0.29) is 5.78 Å². The summed E-state index contributed by atoms with van der Waals surface area (Å²) in [6, 6.07) is 7.13. The van der Waals surface area contributed by atoms with Gasteiger partial charge in [0.1, 0.15) is 5.78 Å². The second-order valence-corrected chi connectivity index (χ2v) is 3.09. The highest BCUT2D eigenvalue weighted by molar-refractivity contribution is 5.78. The molecule has 0 aliphatic rings. The van der Waals surface area contributed by atoms with Crippen molar-refractivity contribution in [3.63, 3.8) is 0 Å². The average molecular weight is 201 g/mol. The lowest BCUT2D eigenvalue weighted by molar-refractivity contribution is -0.116. The van der Waals surface area contributed by atoms with Crippen molar-refractivity contribution in [3.8, 4) is 0 Å². The molecule has 0 N–H and O–H groups in total. The summed E-state index contributed by atoms with van der Waals surface area (Å²) in [5.74, 6) is 0.136. The Balaban J connectivity index is 2.68. The van der Waals surface area contributed by atoms with Crippen molar-refractivity contribution in [2.24, 2.45) is 5.11 Å². The van der Waals surface area contributed by atoms with Gasteiger partial charge in [0.15, 0.2) is 0 Å². The molecule has 4 heteroatoms. The first-order valence-electron chi connectivity index (χ1n) is 4.53. The van der Waals surface area contributed by atoms with E-state index in [1.165, 1.54) is 0 Å². The fourth-order valence-electron chi connectivity index (χ4n) is 1.06. The number of carbonyl (C=O) groups excluding carboxylic acids is 1. The topological polar surface area (TPSA) is 65.8 Å². The van der Waals surface area contributed by atoms with E-state index in [1.54, 1.807) is 19.1 Å². The molecule has 1 aromatic carbocycles. The molecule has 1 aromatic rings. The number of Topliss-reactive ketones (excluding diaryl/α,β-unsaturated/α-hetero) is 1. The first kappa shape index (κ1) is 11.0. The number of carbonyl (C=O) groups is 1. The van der Waals surface area contributed by atoms with Crippen LogP contribution in [0.4, 0.5) is 5.69 Å². The van der Waals surface area contributed by atoms with E-state index in [9.17, 15) is 4.79 Å². The second kappa shape index (κ2) is 5.62. The van der Waals surface area contributed by atoms with Crippen molar-refractivity contribution < 1.29 is 4.79 Å². The van der Waals surface area contributed by atoms with Gasteiger partial charge in [-0.15, -0.1) is 0 Å². The summed E-state index contributed by atoms with van der Waals surface area (Å²) >= 11 is 0. The van der Waals surface area contributed by atoms with Crippen molar-refractivity contribution in [1.82, 2.24) is 0 Å². The number of ketones is 1. The number of rotatable bonds is 4. The zero-order valence-electron chi connectivity index (χ0n) is 8.42. The molecule has 0 saturated heterocycles. The standard InChI is InChI=1S/C11H11N3O/c1-9(15)3-2-4-10-5-7-11(8-6-10)13-14-12/h2,4-8H,3H2,1H3. The quantitative estimate of drug-likeness (QED) is 0.416. The molecule has 0 aliphatic heterocycles. The van der Waals surface area contributed by atoms with Crippen molar-refractivity contribution >= 4 is 17.5 Å². The van der Waals surface area contributed by atoms with E-state index in [0.29, 0.717) is 12.1 Å². The third-order valence-electron chi connectivity index (χ3n) is 1.77. The Hall–Kier alpha value is -2.06. The van der Waals surface area contributed by atoms with E-state index >= 15 is 0 Å². The monoisotopic (exact) mass is 201 g/mol. The Labute approximate surface area is 87.9 Å². The van der Waals surface area contributed by atoms with Gasteiger partial charge in [0.25, 0.3) is 0 Å². The predicted molar refractivity (Wildman–Crippen MR) is 59.6 cm³/mol. The van der Waals surface area contributed by atoms with Crippen LogP contribution < -0.4 is 0 Å². The van der Waals surface area contributed by atoms with E-state index in [0.717, 1.165) is 5.56 Å². The molecule has 0 radical (unpaired) electrons. The maximum Gasteiger partial charge on any atom is 0.133 e. The molecule has 0 fully saturated rings. The Kier molecular flexibility index (Phi) is 4.13. The van der Waals surface area contributed by atoms with Gasteiger partial charge in [0.05, 0.1) is 0 Å². The van der Waals surface area contributed by atoms with Crippen molar-refractivity contribution in [3.05, 3.63) is 46.3 Å². The van der Waals surface area contributed by atoms with Crippen LogP contribution in [0.25, 0.3) is 16.5 Å². The molecule has 0 unspecified atom stereocenters. The molecule has 0 amide bonds. The minimum Gasteiger partial charge on any atom is -0.300 e. The molecular weight excluding hydrogens is 190 g/mol. The molecule has 0 saturated carbocycles. The summed E-state index contributed by atoms with van der Waals surface area (Å²) in [6.07, 6.45) is 4.12. The van der Waals surface area contributed by atoms with Gasteiger partial charge in [-0.05, 0) is 18.0 Å². The molecule has 0 heterocycles. The Morgan fingerprint density at radius 3 is 2.67 bits per heavy atom. The van der Waals surface area contributed by atoms with Gasteiger partial charge in [0, 0.05) is 17.0 Å². The Morgan fingerprint density at radius 1 is 1.47 bits per heavy atom. The molecule has 1 rings (SSSR count). The van der Waals surface area contributed by atoms with Crippen LogP contribution >= 0.6 is 0 Å². The van der Waals surface area contributed by atoms with Crippen LogP contribution in [-0.4, -0.2) is 5.78 Å². The molecular formula is C11H11N3O. The van der Waals surface area contributed by atoms with Crippen LogP contribution in [-0.2, 0) is 4.79 Å². The number of hydrogen-bond donors (Lipinski definition) is 0. The summed E-state index contributed by atoms with van der Waals surface area (Å²) in [4.78, 5) is 13.4. The largest absolute Gasteiger partial charge is 0.300 e. The van der Waals surface area contributed by atoms with Gasteiger partial charge in [-0.1, -0.05) is 41.5 Å². The van der Waals surface area contributed by atoms with Gasteiger partial charge >= 0.3 is 0 Å². The van der Waals surface area contributed by atoms with Crippen LogP contribution in [0.1, 0.15) is 18.9 Å². The molecule has 0 bridgehead atoms. The summed E-state index contributed by atoms with van der Waals surface area (Å²) in [5, 5.41) is 3.46. The third-order valence-corrected chi connectivity index (χ3v) is 1.77. The number of benzene rings is 1. The van der Waals surface area contributed by atoms with Crippen molar-refractivity contribution in [1.29, 1.82) is 0 Å².